The number of carboxylic acids is 1. The second-order valence-electron chi connectivity index (χ2n) is 6.25. The first-order chi connectivity index (χ1) is 14.8. The molecule has 0 heterocycles. The van der Waals surface area contributed by atoms with Crippen LogP contribution in [0.3, 0.4) is 0 Å². The molecule has 0 unspecified atom stereocenters. The molecular weight excluding hydrogens is 406 g/mol. The maximum Gasteiger partial charge on any atom is 0.303 e. The Bertz CT molecular complexity index is 992. The van der Waals surface area contributed by atoms with Gasteiger partial charge in [0, 0.05) is 12.0 Å². The molecule has 0 aliphatic heterocycles. The molecule has 31 heavy (non-hydrogen) atoms. The number of ether oxygens (including phenoxy) is 1. The first kappa shape index (κ1) is 23.2. The molecule has 2 amide bonds. The fraction of sp³-hybridized carbons (Fsp3) is 0.200. The van der Waals surface area contributed by atoms with Crippen LogP contribution in [0.5, 0.6) is 11.5 Å². The lowest BCUT2D eigenvalue weighted by Gasteiger charge is -2.15. The van der Waals surface area contributed by atoms with Gasteiger partial charge < -0.3 is 31.0 Å². The van der Waals surface area contributed by atoms with Crippen molar-refractivity contribution < 1.29 is 29.3 Å². The van der Waals surface area contributed by atoms with E-state index in [1.807, 2.05) is 0 Å². The van der Waals surface area contributed by atoms with Gasteiger partial charge in [-0.15, -0.1) is 0 Å². The van der Waals surface area contributed by atoms with Crippen LogP contribution in [0.15, 0.2) is 41.4 Å². The van der Waals surface area contributed by atoms with Crippen LogP contribution in [0, 0.1) is 0 Å². The summed E-state index contributed by atoms with van der Waals surface area (Å²) in [4.78, 5) is 39.4. The third-order valence-corrected chi connectivity index (χ3v) is 4.12. The van der Waals surface area contributed by atoms with E-state index in [-0.39, 0.29) is 42.1 Å². The van der Waals surface area contributed by atoms with E-state index in [1.165, 1.54) is 31.6 Å². The highest BCUT2D eigenvalue weighted by Gasteiger charge is 2.17. The predicted molar refractivity (Wildman–Crippen MR) is 113 cm³/mol. The number of anilines is 1. The molecule has 11 nitrogen and oxygen atoms in total. The number of phenols is 1. The van der Waals surface area contributed by atoms with Gasteiger partial charge in [-0.05, 0) is 36.2 Å². The van der Waals surface area contributed by atoms with E-state index < -0.39 is 17.8 Å². The zero-order valence-electron chi connectivity index (χ0n) is 16.7. The summed E-state index contributed by atoms with van der Waals surface area (Å²) in [5.74, 6) is 2.88. The Kier molecular flexibility index (Phi) is 8.34. The number of nitrogens with two attached hydrogens (primary N) is 1. The molecule has 0 atom stereocenters. The van der Waals surface area contributed by atoms with Gasteiger partial charge >= 0.3 is 5.97 Å². The number of carbonyl (C=O) groups is 3. The van der Waals surface area contributed by atoms with Crippen molar-refractivity contribution in [1.82, 2.24) is 10.7 Å². The normalized spacial score (nSPS) is 10.5. The molecule has 0 bridgehead atoms. The number of aliphatic carboxylic acids is 1. The summed E-state index contributed by atoms with van der Waals surface area (Å²) in [6.07, 6.45) is 1.14. The minimum atomic E-state index is -1.02. The number of benzene rings is 2. The number of nitrogens with zero attached hydrogens (tertiary/aromatic N) is 1. The van der Waals surface area contributed by atoms with E-state index in [2.05, 4.69) is 21.1 Å². The highest BCUT2D eigenvalue weighted by Crippen LogP contribution is 2.37. The molecule has 0 spiro atoms. The van der Waals surface area contributed by atoms with Crippen LogP contribution in [0.2, 0.25) is 0 Å². The molecule has 0 aromatic heterocycles. The van der Waals surface area contributed by atoms with Crippen LogP contribution >= 0.6 is 0 Å². The largest absolute Gasteiger partial charge is 0.505 e. The number of phenolic OH excluding ortho intramolecular Hbond substituents is 1. The number of hydrogen-bond donors (Lipinski definition) is 6. The van der Waals surface area contributed by atoms with Gasteiger partial charge in [-0.1, -0.05) is 12.1 Å². The zero-order valence-corrected chi connectivity index (χ0v) is 16.7. The monoisotopic (exact) mass is 429 g/mol. The Hall–Kier alpha value is -4.12. The topological polar surface area (TPSA) is 175 Å². The van der Waals surface area contributed by atoms with Gasteiger partial charge in [-0.2, -0.15) is 0 Å². The van der Waals surface area contributed by atoms with Gasteiger partial charge in [0.05, 0.1) is 19.3 Å². The third kappa shape index (κ3) is 6.72. The lowest BCUT2D eigenvalue weighted by molar-refractivity contribution is -0.137. The molecule has 2 rings (SSSR count). The number of aromatic hydroxyl groups is 1. The van der Waals surface area contributed by atoms with E-state index in [4.69, 9.17) is 15.7 Å². The van der Waals surface area contributed by atoms with Crippen LogP contribution in [-0.2, 0) is 16.0 Å². The first-order valence-corrected chi connectivity index (χ1v) is 9.13. The SMILES string of the molecule is COc1ccc(CCC(=O)O)c(O)c1NC(=O)CNC(=O)c1cccc(N=CNN)c1. The Morgan fingerprint density at radius 3 is 2.68 bits per heavy atom. The summed E-state index contributed by atoms with van der Waals surface area (Å²) in [7, 11) is 1.36. The standard InChI is InChI=1S/C20H23N5O6/c1-31-15-7-5-12(6-8-17(27)28)19(29)18(15)25-16(26)10-22-20(30)13-3-2-4-14(9-13)23-11-24-21/h2-5,7,9,11,29H,6,8,10,21H2,1H3,(H,22,30)(H,23,24)(H,25,26)(H,27,28). The highest BCUT2D eigenvalue weighted by molar-refractivity contribution is 6.01. The van der Waals surface area contributed by atoms with Gasteiger partial charge in [0.2, 0.25) is 5.91 Å². The maximum absolute atomic E-state index is 12.3. The summed E-state index contributed by atoms with van der Waals surface area (Å²) < 4.78 is 5.14. The van der Waals surface area contributed by atoms with Crippen molar-refractivity contribution in [3.8, 4) is 11.5 Å². The van der Waals surface area contributed by atoms with Crippen molar-refractivity contribution in [3.63, 3.8) is 0 Å². The van der Waals surface area contributed by atoms with E-state index in [1.54, 1.807) is 18.2 Å². The number of hydrazine groups is 1. The van der Waals surface area contributed by atoms with Gasteiger partial charge in [0.25, 0.3) is 5.91 Å². The number of nitrogens with one attached hydrogen (secondary N) is 3. The number of aliphatic imine (C=N–C) groups is 1. The number of methoxy groups -OCH3 is 1. The maximum atomic E-state index is 12.3. The van der Waals surface area contributed by atoms with Crippen molar-refractivity contribution in [2.24, 2.45) is 10.8 Å². The average molecular weight is 429 g/mol. The summed E-state index contributed by atoms with van der Waals surface area (Å²) in [5.41, 5.74) is 3.37. The number of rotatable bonds is 10. The summed E-state index contributed by atoms with van der Waals surface area (Å²) in [6.45, 7) is -0.376. The van der Waals surface area contributed by atoms with Gasteiger partial charge in [-0.25, -0.2) is 10.8 Å². The van der Waals surface area contributed by atoms with Crippen LogP contribution in [0.25, 0.3) is 0 Å². The zero-order chi connectivity index (χ0) is 22.8. The smallest absolute Gasteiger partial charge is 0.303 e. The number of hydrogen-bond acceptors (Lipinski definition) is 7. The van der Waals surface area contributed by atoms with Crippen molar-refractivity contribution in [2.45, 2.75) is 12.8 Å². The van der Waals surface area contributed by atoms with Gasteiger partial charge in [0.1, 0.15) is 23.5 Å². The Labute approximate surface area is 177 Å². The van der Waals surface area contributed by atoms with Gasteiger partial charge in [-0.3, -0.25) is 14.4 Å². The van der Waals surface area contributed by atoms with Crippen LogP contribution in [0.4, 0.5) is 11.4 Å². The molecule has 164 valence electrons. The summed E-state index contributed by atoms with van der Waals surface area (Å²) >= 11 is 0. The molecule has 2 aromatic rings. The molecule has 0 saturated heterocycles. The lowest BCUT2D eigenvalue weighted by Crippen LogP contribution is -2.33. The third-order valence-electron chi connectivity index (χ3n) is 4.12. The molecule has 0 fully saturated rings. The minimum Gasteiger partial charge on any atom is -0.505 e. The van der Waals surface area contributed by atoms with E-state index in [0.717, 1.165) is 0 Å². The second-order valence-corrected chi connectivity index (χ2v) is 6.25. The fourth-order valence-electron chi connectivity index (χ4n) is 2.64. The fourth-order valence-corrected chi connectivity index (χ4v) is 2.64. The van der Waals surface area contributed by atoms with Crippen molar-refractivity contribution >= 4 is 35.5 Å². The molecular formula is C20H23N5O6. The minimum absolute atomic E-state index is 0.00439. The van der Waals surface area contributed by atoms with E-state index in [9.17, 15) is 19.5 Å². The summed E-state index contributed by atoms with van der Waals surface area (Å²) in [6, 6.07) is 9.40. The Morgan fingerprint density at radius 2 is 2.00 bits per heavy atom. The lowest BCUT2D eigenvalue weighted by atomic mass is 10.1. The first-order valence-electron chi connectivity index (χ1n) is 9.13. The predicted octanol–water partition coefficient (Wildman–Crippen LogP) is 0.910. The molecule has 0 saturated carbocycles. The molecule has 0 aliphatic rings. The number of aryl methyl sites for hydroxylation is 1. The second kappa shape index (κ2) is 11.2. The number of amides is 2. The van der Waals surface area contributed by atoms with Crippen molar-refractivity contribution in [3.05, 3.63) is 47.5 Å². The Morgan fingerprint density at radius 1 is 1.23 bits per heavy atom. The average Bonchev–Trinajstić information content (AvgIpc) is 2.76. The summed E-state index contributed by atoms with van der Waals surface area (Å²) in [5, 5.41) is 24.2. The molecule has 0 radical (unpaired) electrons. The number of carbonyl (C=O) groups excluding carboxylic acids is 2. The van der Waals surface area contributed by atoms with E-state index in [0.29, 0.717) is 11.3 Å². The Balaban J connectivity index is 2.05. The van der Waals surface area contributed by atoms with Crippen LogP contribution in [-0.4, -0.2) is 48.0 Å². The molecule has 2 aromatic carbocycles. The quantitative estimate of drug-likeness (QED) is 0.106. The van der Waals surface area contributed by atoms with Gasteiger partial charge in [0.15, 0.2) is 0 Å². The van der Waals surface area contributed by atoms with Crippen molar-refractivity contribution in [1.29, 1.82) is 0 Å². The molecule has 0 aliphatic carbocycles. The molecule has 7 N–H and O–H groups in total. The van der Waals surface area contributed by atoms with E-state index >= 15 is 0 Å². The molecule has 11 heteroatoms. The van der Waals surface area contributed by atoms with Crippen molar-refractivity contribution in [2.75, 3.05) is 19.0 Å². The van der Waals surface area contributed by atoms with Crippen LogP contribution in [0.1, 0.15) is 22.3 Å². The van der Waals surface area contributed by atoms with Crippen LogP contribution < -0.4 is 26.6 Å². The highest BCUT2D eigenvalue weighted by atomic mass is 16.5. The number of carboxylic acid groups (broad SMARTS) is 1.